The first kappa shape index (κ1) is 16.4. The van der Waals surface area contributed by atoms with E-state index in [1.54, 1.807) is 7.11 Å². The Labute approximate surface area is 151 Å². The van der Waals surface area contributed by atoms with Crippen LogP contribution in [0.25, 0.3) is 5.70 Å². The maximum Gasteiger partial charge on any atom is 0.195 e. The Kier molecular flexibility index (Phi) is 4.02. The first-order valence-corrected chi connectivity index (χ1v) is 8.20. The molecule has 1 unspecified atom stereocenters. The average molecular weight is 352 g/mol. The van der Waals surface area contributed by atoms with Crippen LogP contribution in [-0.2, 0) is 17.0 Å². The SMILES string of the molecule is COc1cccc(C2=CC(N)(c3cccc4c3COCO4)NC(N)=N2)c1. The predicted octanol–water partition coefficient (Wildman–Crippen LogP) is 1.63. The van der Waals surface area contributed by atoms with Crippen molar-refractivity contribution in [3.8, 4) is 11.5 Å². The fourth-order valence-corrected chi connectivity index (χ4v) is 3.22. The number of fused-ring (bicyclic) bond motifs is 1. The van der Waals surface area contributed by atoms with E-state index in [1.165, 1.54) is 0 Å². The number of nitrogens with zero attached hydrogens (tertiary/aromatic N) is 1. The van der Waals surface area contributed by atoms with Gasteiger partial charge in [0.1, 0.15) is 17.2 Å². The quantitative estimate of drug-likeness (QED) is 0.776. The lowest BCUT2D eigenvalue weighted by atomic mass is 9.91. The molecule has 7 heteroatoms. The molecule has 2 aromatic carbocycles. The highest BCUT2D eigenvalue weighted by molar-refractivity contribution is 5.89. The standard InChI is InChI=1S/C19H20N4O3/c1-24-13-5-2-4-12(8-13)16-9-19(21,23-18(20)22-16)15-6-3-7-17-14(15)10-25-11-26-17/h2-9H,10-11,21H2,1H3,(H3,20,22,23). The second-order valence-corrected chi connectivity index (χ2v) is 6.15. The molecule has 5 N–H and O–H groups in total. The number of aliphatic imine (C=N–C) groups is 1. The van der Waals surface area contributed by atoms with Crippen LogP contribution in [0.1, 0.15) is 16.7 Å². The summed E-state index contributed by atoms with van der Waals surface area (Å²) in [5.74, 6) is 1.73. The third kappa shape index (κ3) is 2.87. The molecule has 0 bridgehead atoms. The summed E-state index contributed by atoms with van der Waals surface area (Å²) in [6, 6.07) is 13.3. The van der Waals surface area contributed by atoms with Crippen LogP contribution in [0.4, 0.5) is 0 Å². The van der Waals surface area contributed by atoms with E-state index in [1.807, 2.05) is 48.5 Å². The zero-order valence-electron chi connectivity index (χ0n) is 14.4. The molecule has 26 heavy (non-hydrogen) atoms. The smallest absolute Gasteiger partial charge is 0.195 e. The number of rotatable bonds is 3. The minimum absolute atomic E-state index is 0.232. The van der Waals surface area contributed by atoms with E-state index in [0.717, 1.165) is 28.2 Å². The number of methoxy groups -OCH3 is 1. The van der Waals surface area contributed by atoms with E-state index in [-0.39, 0.29) is 12.8 Å². The highest BCUT2D eigenvalue weighted by Crippen LogP contribution is 2.35. The van der Waals surface area contributed by atoms with Crippen molar-refractivity contribution in [1.82, 2.24) is 5.32 Å². The van der Waals surface area contributed by atoms with Crippen LogP contribution in [0, 0.1) is 0 Å². The summed E-state index contributed by atoms with van der Waals surface area (Å²) in [4.78, 5) is 4.41. The van der Waals surface area contributed by atoms with Crippen molar-refractivity contribution >= 4 is 11.7 Å². The van der Waals surface area contributed by atoms with Crippen LogP contribution in [0.3, 0.4) is 0 Å². The van der Waals surface area contributed by atoms with Crippen LogP contribution >= 0.6 is 0 Å². The van der Waals surface area contributed by atoms with Crippen molar-refractivity contribution in [3.63, 3.8) is 0 Å². The van der Waals surface area contributed by atoms with Gasteiger partial charge in [-0.3, -0.25) is 0 Å². The fraction of sp³-hybridized carbons (Fsp3) is 0.211. The van der Waals surface area contributed by atoms with E-state index >= 15 is 0 Å². The molecule has 0 saturated heterocycles. The summed E-state index contributed by atoms with van der Waals surface area (Å²) in [7, 11) is 1.62. The summed E-state index contributed by atoms with van der Waals surface area (Å²) in [6.07, 6.45) is 1.85. The monoisotopic (exact) mass is 352 g/mol. The molecule has 2 aliphatic heterocycles. The first-order chi connectivity index (χ1) is 12.6. The molecule has 0 aromatic heterocycles. The zero-order chi connectivity index (χ0) is 18.1. The summed E-state index contributed by atoms with van der Waals surface area (Å²) < 4.78 is 16.3. The van der Waals surface area contributed by atoms with Gasteiger partial charge in [0.25, 0.3) is 0 Å². The van der Waals surface area contributed by atoms with E-state index in [0.29, 0.717) is 12.3 Å². The van der Waals surface area contributed by atoms with Crippen LogP contribution < -0.4 is 26.3 Å². The average Bonchev–Trinajstić information content (AvgIpc) is 2.67. The minimum atomic E-state index is -1.04. The molecule has 1 atom stereocenters. The Morgan fingerprint density at radius 2 is 2.08 bits per heavy atom. The number of guanidine groups is 1. The van der Waals surface area contributed by atoms with Crippen LogP contribution in [-0.4, -0.2) is 19.9 Å². The second kappa shape index (κ2) is 6.36. The third-order valence-electron chi connectivity index (χ3n) is 4.43. The molecule has 4 rings (SSSR count). The van der Waals surface area contributed by atoms with Gasteiger partial charge in [0, 0.05) is 16.7 Å². The number of hydrogen-bond acceptors (Lipinski definition) is 7. The van der Waals surface area contributed by atoms with Crippen molar-refractivity contribution < 1.29 is 14.2 Å². The molecule has 2 aliphatic rings. The number of nitrogens with two attached hydrogens (primary N) is 2. The van der Waals surface area contributed by atoms with Crippen LogP contribution in [0.15, 0.2) is 53.5 Å². The molecule has 0 saturated carbocycles. The van der Waals surface area contributed by atoms with Crippen molar-refractivity contribution in [1.29, 1.82) is 0 Å². The molecular weight excluding hydrogens is 332 g/mol. The highest BCUT2D eigenvalue weighted by Gasteiger charge is 2.33. The van der Waals surface area contributed by atoms with Gasteiger partial charge < -0.3 is 31.0 Å². The van der Waals surface area contributed by atoms with Gasteiger partial charge in [0.15, 0.2) is 12.8 Å². The second-order valence-electron chi connectivity index (χ2n) is 6.15. The lowest BCUT2D eigenvalue weighted by Gasteiger charge is -2.35. The predicted molar refractivity (Wildman–Crippen MR) is 98.3 cm³/mol. The Morgan fingerprint density at radius 3 is 2.92 bits per heavy atom. The van der Waals surface area contributed by atoms with Gasteiger partial charge in [-0.15, -0.1) is 0 Å². The van der Waals surface area contributed by atoms with Crippen molar-refractivity contribution in [2.75, 3.05) is 13.9 Å². The normalized spacial score (nSPS) is 21.6. The van der Waals surface area contributed by atoms with Gasteiger partial charge in [-0.25, -0.2) is 4.99 Å². The van der Waals surface area contributed by atoms with Crippen LogP contribution in [0.5, 0.6) is 11.5 Å². The zero-order valence-corrected chi connectivity index (χ0v) is 14.4. The first-order valence-electron chi connectivity index (χ1n) is 8.20. The van der Waals surface area contributed by atoms with Crippen molar-refractivity contribution in [2.45, 2.75) is 12.3 Å². The Bertz CT molecular complexity index is 909. The Balaban J connectivity index is 1.81. The molecule has 0 fully saturated rings. The summed E-state index contributed by atoms with van der Waals surface area (Å²) in [5, 5.41) is 3.07. The van der Waals surface area contributed by atoms with Gasteiger partial charge >= 0.3 is 0 Å². The van der Waals surface area contributed by atoms with Gasteiger partial charge in [0.2, 0.25) is 0 Å². The maximum atomic E-state index is 6.70. The number of nitrogens with one attached hydrogen (secondary N) is 1. The summed E-state index contributed by atoms with van der Waals surface area (Å²) in [6.45, 7) is 0.654. The highest BCUT2D eigenvalue weighted by atomic mass is 16.7. The maximum absolute atomic E-state index is 6.70. The number of hydrogen-bond donors (Lipinski definition) is 3. The minimum Gasteiger partial charge on any atom is -0.497 e. The molecule has 0 radical (unpaired) electrons. The molecule has 2 aromatic rings. The Morgan fingerprint density at radius 1 is 1.23 bits per heavy atom. The van der Waals surface area contributed by atoms with Crippen molar-refractivity contribution in [3.05, 3.63) is 65.2 Å². The lowest BCUT2D eigenvalue weighted by Crippen LogP contribution is -2.56. The van der Waals surface area contributed by atoms with E-state index in [4.69, 9.17) is 25.7 Å². The van der Waals surface area contributed by atoms with E-state index in [9.17, 15) is 0 Å². The van der Waals surface area contributed by atoms with Crippen LogP contribution in [0.2, 0.25) is 0 Å². The van der Waals surface area contributed by atoms with Gasteiger partial charge in [-0.1, -0.05) is 24.3 Å². The molecule has 0 amide bonds. The summed E-state index contributed by atoms with van der Waals surface area (Å²) in [5.41, 5.74) is 15.0. The fourth-order valence-electron chi connectivity index (χ4n) is 3.22. The lowest BCUT2D eigenvalue weighted by molar-refractivity contribution is -0.0173. The van der Waals surface area contributed by atoms with E-state index in [2.05, 4.69) is 10.3 Å². The van der Waals surface area contributed by atoms with Gasteiger partial charge in [0.05, 0.1) is 19.4 Å². The van der Waals surface area contributed by atoms with E-state index < -0.39 is 5.66 Å². The number of benzene rings is 2. The molecule has 0 aliphatic carbocycles. The molecule has 7 nitrogen and oxygen atoms in total. The number of ether oxygens (including phenoxy) is 3. The van der Waals surface area contributed by atoms with Gasteiger partial charge in [-0.05, 0) is 24.3 Å². The topological polar surface area (TPSA) is 104 Å². The summed E-state index contributed by atoms with van der Waals surface area (Å²) >= 11 is 0. The molecule has 2 heterocycles. The molecular formula is C19H20N4O3. The third-order valence-corrected chi connectivity index (χ3v) is 4.43. The van der Waals surface area contributed by atoms with Crippen molar-refractivity contribution in [2.24, 2.45) is 16.5 Å². The largest absolute Gasteiger partial charge is 0.497 e. The Hall–Kier alpha value is -3.03. The molecule has 134 valence electrons. The van der Waals surface area contributed by atoms with Gasteiger partial charge in [-0.2, -0.15) is 0 Å². The molecule has 0 spiro atoms.